The van der Waals surface area contributed by atoms with Crippen molar-refractivity contribution in [3.05, 3.63) is 10.1 Å². The molecule has 0 saturated heterocycles. The molecule has 1 aliphatic rings. The molecule has 0 aromatic heterocycles. The summed E-state index contributed by atoms with van der Waals surface area (Å²) in [7, 11) is 0. The first-order valence-electron chi connectivity index (χ1n) is 3.16. The van der Waals surface area contributed by atoms with Crippen molar-refractivity contribution in [1.29, 1.82) is 0 Å². The van der Waals surface area contributed by atoms with Gasteiger partial charge in [-0.15, -0.1) is 0 Å². The summed E-state index contributed by atoms with van der Waals surface area (Å²) in [5.41, 5.74) is 5.15. The van der Waals surface area contributed by atoms with Crippen LogP contribution in [0.3, 0.4) is 0 Å². The minimum Gasteiger partial charge on any atom is -0.480 e. The number of rotatable bonds is 3. The molecule has 0 aliphatic heterocycles. The zero-order valence-electron chi connectivity index (χ0n) is 5.64. The lowest BCUT2D eigenvalue weighted by Crippen LogP contribution is -2.34. The predicted octanol–water partition coefficient (Wildman–Crippen LogP) is -0.936. The summed E-state index contributed by atoms with van der Waals surface area (Å²) in [6.07, 6.45) is 0.292. The Morgan fingerprint density at radius 1 is 1.82 bits per heavy atom. The Labute approximate surface area is 62.1 Å². The Hall–Kier alpha value is -1.17. The highest BCUT2D eigenvalue weighted by Gasteiger charge is 2.53. The molecular formula is C5H8N2O4. The van der Waals surface area contributed by atoms with E-state index in [0.717, 1.165) is 0 Å². The maximum atomic E-state index is 10.2. The molecule has 1 fully saturated rings. The lowest BCUT2D eigenvalue weighted by Gasteiger charge is -2.00. The number of nitrogens with zero attached hydrogens (tertiary/aromatic N) is 1. The van der Waals surface area contributed by atoms with Gasteiger partial charge in [0.2, 0.25) is 6.04 Å². The summed E-state index contributed by atoms with van der Waals surface area (Å²) < 4.78 is 0. The van der Waals surface area contributed by atoms with E-state index < -0.39 is 28.9 Å². The third-order valence-corrected chi connectivity index (χ3v) is 1.82. The van der Waals surface area contributed by atoms with Crippen LogP contribution in [0.25, 0.3) is 0 Å². The van der Waals surface area contributed by atoms with Gasteiger partial charge in [0, 0.05) is 11.3 Å². The SMILES string of the molecule is NC(C(=O)O)C1CC1[N+](=O)[O-]. The molecule has 0 aromatic rings. The van der Waals surface area contributed by atoms with Crippen LogP contribution in [0.15, 0.2) is 0 Å². The van der Waals surface area contributed by atoms with Gasteiger partial charge in [-0.3, -0.25) is 14.9 Å². The molecule has 1 aliphatic carbocycles. The summed E-state index contributed by atoms with van der Waals surface area (Å²) in [6, 6.07) is -1.81. The zero-order valence-corrected chi connectivity index (χ0v) is 5.64. The van der Waals surface area contributed by atoms with Crippen molar-refractivity contribution < 1.29 is 14.8 Å². The first-order valence-corrected chi connectivity index (χ1v) is 3.16. The fraction of sp³-hybridized carbons (Fsp3) is 0.800. The third kappa shape index (κ3) is 1.45. The molecule has 62 valence electrons. The van der Waals surface area contributed by atoms with Crippen LogP contribution >= 0.6 is 0 Å². The number of nitro groups is 1. The predicted molar refractivity (Wildman–Crippen MR) is 34.5 cm³/mol. The molecule has 0 amide bonds. The third-order valence-electron chi connectivity index (χ3n) is 1.82. The molecule has 1 saturated carbocycles. The van der Waals surface area contributed by atoms with Crippen LogP contribution in [-0.4, -0.2) is 28.1 Å². The Morgan fingerprint density at radius 3 is 2.64 bits per heavy atom. The lowest BCUT2D eigenvalue weighted by molar-refractivity contribution is -0.498. The Balaban J connectivity index is 2.43. The van der Waals surface area contributed by atoms with Crippen molar-refractivity contribution in [2.45, 2.75) is 18.5 Å². The summed E-state index contributed by atoms with van der Waals surface area (Å²) >= 11 is 0. The number of hydrogen-bond donors (Lipinski definition) is 2. The number of aliphatic carboxylic acids is 1. The molecule has 0 bridgehead atoms. The summed E-state index contributed by atoms with van der Waals surface area (Å²) in [5, 5.41) is 18.4. The zero-order chi connectivity index (χ0) is 8.59. The fourth-order valence-electron chi connectivity index (χ4n) is 1.01. The van der Waals surface area contributed by atoms with E-state index >= 15 is 0 Å². The Morgan fingerprint density at radius 2 is 2.36 bits per heavy atom. The van der Waals surface area contributed by atoms with Gasteiger partial charge in [-0.2, -0.15) is 0 Å². The molecule has 0 heterocycles. The average molecular weight is 160 g/mol. The van der Waals surface area contributed by atoms with Crippen LogP contribution in [0.4, 0.5) is 0 Å². The van der Waals surface area contributed by atoms with Gasteiger partial charge >= 0.3 is 5.97 Å². The van der Waals surface area contributed by atoms with Crippen molar-refractivity contribution in [2.75, 3.05) is 0 Å². The molecule has 6 nitrogen and oxygen atoms in total. The van der Waals surface area contributed by atoms with Crippen molar-refractivity contribution in [3.8, 4) is 0 Å². The number of carboxylic acid groups (broad SMARTS) is 1. The van der Waals surface area contributed by atoms with Gasteiger partial charge in [-0.25, -0.2) is 0 Å². The second-order valence-corrected chi connectivity index (χ2v) is 2.62. The minimum atomic E-state index is -1.17. The fourth-order valence-corrected chi connectivity index (χ4v) is 1.01. The van der Waals surface area contributed by atoms with Crippen LogP contribution < -0.4 is 5.73 Å². The van der Waals surface area contributed by atoms with E-state index in [-0.39, 0.29) is 0 Å². The summed E-state index contributed by atoms with van der Waals surface area (Å²) in [4.78, 5) is 19.8. The molecule has 3 unspecified atom stereocenters. The minimum absolute atomic E-state index is 0.292. The summed E-state index contributed by atoms with van der Waals surface area (Å²) in [6.45, 7) is 0. The molecule has 1 rings (SSSR count). The van der Waals surface area contributed by atoms with Crippen molar-refractivity contribution in [1.82, 2.24) is 0 Å². The van der Waals surface area contributed by atoms with Gasteiger partial charge in [0.05, 0.1) is 5.92 Å². The van der Waals surface area contributed by atoms with Gasteiger partial charge in [0.1, 0.15) is 6.04 Å². The highest BCUT2D eigenvalue weighted by Crippen LogP contribution is 2.35. The van der Waals surface area contributed by atoms with Gasteiger partial charge in [-0.05, 0) is 0 Å². The number of nitrogens with two attached hydrogens (primary N) is 1. The first-order chi connectivity index (χ1) is 5.04. The van der Waals surface area contributed by atoms with E-state index in [1.54, 1.807) is 0 Å². The van der Waals surface area contributed by atoms with E-state index in [9.17, 15) is 14.9 Å². The van der Waals surface area contributed by atoms with Gasteiger partial charge in [-0.1, -0.05) is 0 Å². The molecule has 0 spiro atoms. The van der Waals surface area contributed by atoms with Crippen LogP contribution in [0.5, 0.6) is 0 Å². The number of hydrogen-bond acceptors (Lipinski definition) is 4. The largest absolute Gasteiger partial charge is 0.480 e. The Kier molecular flexibility index (Phi) is 1.77. The highest BCUT2D eigenvalue weighted by atomic mass is 16.6. The van der Waals surface area contributed by atoms with Crippen molar-refractivity contribution in [3.63, 3.8) is 0 Å². The molecular weight excluding hydrogens is 152 g/mol. The van der Waals surface area contributed by atoms with E-state index in [1.165, 1.54) is 0 Å². The van der Waals surface area contributed by atoms with Gasteiger partial charge < -0.3 is 10.8 Å². The number of carbonyl (C=O) groups is 1. The Bertz CT molecular complexity index is 205. The van der Waals surface area contributed by atoms with Crippen molar-refractivity contribution >= 4 is 5.97 Å². The van der Waals surface area contributed by atoms with E-state index in [1.807, 2.05) is 0 Å². The van der Waals surface area contributed by atoms with E-state index in [0.29, 0.717) is 6.42 Å². The molecule has 6 heteroatoms. The maximum absolute atomic E-state index is 10.2. The highest BCUT2D eigenvalue weighted by molar-refractivity contribution is 5.74. The topological polar surface area (TPSA) is 106 Å². The lowest BCUT2D eigenvalue weighted by atomic mass is 10.2. The van der Waals surface area contributed by atoms with Crippen LogP contribution in [0.1, 0.15) is 6.42 Å². The quantitative estimate of drug-likeness (QED) is 0.409. The van der Waals surface area contributed by atoms with E-state index in [4.69, 9.17) is 10.8 Å². The van der Waals surface area contributed by atoms with Crippen LogP contribution in [-0.2, 0) is 4.79 Å². The second-order valence-electron chi connectivity index (χ2n) is 2.62. The molecule has 3 N–H and O–H groups in total. The van der Waals surface area contributed by atoms with Gasteiger partial charge in [0.25, 0.3) is 0 Å². The number of carboxylic acids is 1. The van der Waals surface area contributed by atoms with Gasteiger partial charge in [0.15, 0.2) is 0 Å². The second kappa shape index (κ2) is 2.46. The summed E-state index contributed by atoms with van der Waals surface area (Å²) in [5.74, 6) is -1.64. The molecule has 0 aromatic carbocycles. The normalized spacial score (nSPS) is 31.0. The monoisotopic (exact) mass is 160 g/mol. The maximum Gasteiger partial charge on any atom is 0.321 e. The van der Waals surface area contributed by atoms with Crippen LogP contribution in [0.2, 0.25) is 0 Å². The van der Waals surface area contributed by atoms with E-state index in [2.05, 4.69) is 0 Å². The molecule has 11 heavy (non-hydrogen) atoms. The van der Waals surface area contributed by atoms with Crippen molar-refractivity contribution in [2.24, 2.45) is 11.7 Å². The molecule has 3 atom stereocenters. The average Bonchev–Trinajstić information content (AvgIpc) is 2.63. The molecule has 0 radical (unpaired) electrons. The first kappa shape index (κ1) is 7.93. The van der Waals surface area contributed by atoms with Crippen LogP contribution in [0, 0.1) is 16.0 Å². The smallest absolute Gasteiger partial charge is 0.321 e. The standard InChI is InChI=1S/C5H8N2O4/c6-4(5(8)9)2-1-3(2)7(10)11/h2-4H,1,6H2,(H,8,9).